The fourth-order valence-corrected chi connectivity index (χ4v) is 4.98. The second kappa shape index (κ2) is 10.1. The minimum Gasteiger partial charge on any atom is -0.497 e. The number of aromatic nitrogens is 1. The van der Waals surface area contributed by atoms with E-state index in [1.165, 1.54) is 46.0 Å². The molecule has 164 valence electrons. The van der Waals surface area contributed by atoms with Gasteiger partial charge < -0.3 is 9.47 Å². The quantitative estimate of drug-likeness (QED) is 0.411. The van der Waals surface area contributed by atoms with Gasteiger partial charge in [0.25, 0.3) is 0 Å². The Kier molecular flexibility index (Phi) is 7.48. The third kappa shape index (κ3) is 5.72. The van der Waals surface area contributed by atoms with Gasteiger partial charge in [0, 0.05) is 11.9 Å². The summed E-state index contributed by atoms with van der Waals surface area (Å²) in [6.07, 6.45) is 1.57. The van der Waals surface area contributed by atoms with E-state index in [1.807, 2.05) is 30.5 Å². The van der Waals surface area contributed by atoms with Crippen LogP contribution in [0.2, 0.25) is 0 Å². The number of thiazole rings is 1. The van der Waals surface area contributed by atoms with E-state index in [1.54, 1.807) is 18.2 Å². The van der Waals surface area contributed by atoms with Crippen LogP contribution in [0.1, 0.15) is 21.8 Å². The first kappa shape index (κ1) is 23.0. The van der Waals surface area contributed by atoms with Crippen LogP contribution in [0.25, 0.3) is 0 Å². The Bertz CT molecular complexity index is 1140. The van der Waals surface area contributed by atoms with Gasteiger partial charge in [-0.1, -0.05) is 12.1 Å². The molecule has 31 heavy (non-hydrogen) atoms. The lowest BCUT2D eigenvalue weighted by atomic mass is 10.1. The van der Waals surface area contributed by atoms with Crippen LogP contribution in [0.15, 0.2) is 65.4 Å². The van der Waals surface area contributed by atoms with E-state index < -0.39 is 10.0 Å². The summed E-state index contributed by atoms with van der Waals surface area (Å²) in [4.78, 5) is 4.75. The zero-order chi connectivity index (χ0) is 22.4. The van der Waals surface area contributed by atoms with Gasteiger partial charge in [-0.05, 0) is 61.4 Å². The van der Waals surface area contributed by atoms with Crippen molar-refractivity contribution in [3.63, 3.8) is 0 Å². The van der Waals surface area contributed by atoms with E-state index >= 15 is 0 Å². The maximum absolute atomic E-state index is 13.1. The minimum atomic E-state index is -3.70. The monoisotopic (exact) mass is 458 g/mol. The van der Waals surface area contributed by atoms with Crippen LogP contribution in [-0.4, -0.2) is 31.4 Å². The van der Waals surface area contributed by atoms with Crippen LogP contribution >= 0.6 is 11.3 Å². The number of rotatable bonds is 10. The molecule has 0 unspecified atom stereocenters. The SMILES string of the molecule is C=CCN(Cc1csc(COc2ccc(C)c(C)c2)n1)S(=O)(=O)c1ccc(OC)cc1. The van der Waals surface area contributed by atoms with E-state index in [2.05, 4.69) is 18.5 Å². The van der Waals surface area contributed by atoms with Gasteiger partial charge in [0.2, 0.25) is 10.0 Å². The van der Waals surface area contributed by atoms with Crippen molar-refractivity contribution in [2.75, 3.05) is 13.7 Å². The molecule has 1 heterocycles. The predicted octanol–water partition coefficient (Wildman–Crippen LogP) is 4.72. The molecule has 0 N–H and O–H groups in total. The molecule has 0 aliphatic rings. The first-order chi connectivity index (χ1) is 14.8. The highest BCUT2D eigenvalue weighted by Gasteiger charge is 2.24. The molecule has 0 fully saturated rings. The fourth-order valence-electron chi connectivity index (χ4n) is 2.91. The molecule has 0 amide bonds. The number of benzene rings is 2. The molecule has 0 atom stereocenters. The molecule has 3 rings (SSSR count). The zero-order valence-electron chi connectivity index (χ0n) is 17.9. The van der Waals surface area contributed by atoms with E-state index in [0.29, 0.717) is 18.1 Å². The predicted molar refractivity (Wildman–Crippen MR) is 123 cm³/mol. The number of hydrogen-bond donors (Lipinski definition) is 0. The van der Waals surface area contributed by atoms with Gasteiger partial charge in [-0.3, -0.25) is 0 Å². The Labute approximate surface area is 187 Å². The maximum Gasteiger partial charge on any atom is 0.243 e. The third-order valence-electron chi connectivity index (χ3n) is 4.81. The molecule has 0 radical (unpaired) electrons. The fraction of sp³-hybridized carbons (Fsp3) is 0.261. The highest BCUT2D eigenvalue weighted by Crippen LogP contribution is 2.23. The lowest BCUT2D eigenvalue weighted by molar-refractivity contribution is 0.304. The van der Waals surface area contributed by atoms with Crippen molar-refractivity contribution in [3.05, 3.63) is 82.3 Å². The number of ether oxygens (including phenoxy) is 2. The molecule has 3 aromatic rings. The molecule has 0 aliphatic carbocycles. The lowest BCUT2D eigenvalue weighted by Crippen LogP contribution is -2.31. The second-order valence-corrected chi connectivity index (χ2v) is 9.91. The van der Waals surface area contributed by atoms with Gasteiger partial charge in [-0.2, -0.15) is 4.31 Å². The summed E-state index contributed by atoms with van der Waals surface area (Å²) in [6.45, 7) is 8.46. The van der Waals surface area contributed by atoms with Crippen LogP contribution in [-0.2, 0) is 23.2 Å². The lowest BCUT2D eigenvalue weighted by Gasteiger charge is -2.20. The Morgan fingerprint density at radius 1 is 1.10 bits per heavy atom. The van der Waals surface area contributed by atoms with Crippen molar-refractivity contribution >= 4 is 21.4 Å². The molecular formula is C23H26N2O4S2. The largest absolute Gasteiger partial charge is 0.497 e. The van der Waals surface area contributed by atoms with E-state index in [9.17, 15) is 8.42 Å². The van der Waals surface area contributed by atoms with E-state index in [4.69, 9.17) is 9.47 Å². The van der Waals surface area contributed by atoms with Gasteiger partial charge in [0.15, 0.2) is 0 Å². The standard InChI is InChI=1S/C23H26N2O4S2/c1-5-12-25(31(26,27)22-10-8-20(28-4)9-11-22)14-19-16-30-23(24-19)15-29-21-7-6-17(2)18(3)13-21/h5-11,13,16H,1,12,14-15H2,2-4H3. The van der Waals surface area contributed by atoms with Crippen LogP contribution in [0.3, 0.4) is 0 Å². The van der Waals surface area contributed by atoms with Gasteiger partial charge in [-0.25, -0.2) is 13.4 Å². The summed E-state index contributed by atoms with van der Waals surface area (Å²) in [6, 6.07) is 12.3. The van der Waals surface area contributed by atoms with Gasteiger partial charge in [0.05, 0.1) is 24.2 Å². The molecule has 0 aliphatic heterocycles. The van der Waals surface area contributed by atoms with Crippen LogP contribution in [0.5, 0.6) is 11.5 Å². The summed E-state index contributed by atoms with van der Waals surface area (Å²) in [5.41, 5.74) is 3.05. The number of hydrogen-bond acceptors (Lipinski definition) is 6. The molecule has 0 spiro atoms. The molecule has 0 saturated heterocycles. The smallest absolute Gasteiger partial charge is 0.243 e. The molecule has 6 nitrogen and oxygen atoms in total. The number of methoxy groups -OCH3 is 1. The summed E-state index contributed by atoms with van der Waals surface area (Å²) in [7, 11) is -2.16. The van der Waals surface area contributed by atoms with Crippen LogP contribution in [0.4, 0.5) is 0 Å². The van der Waals surface area contributed by atoms with E-state index in [-0.39, 0.29) is 18.0 Å². The summed E-state index contributed by atoms with van der Waals surface area (Å²) in [5.74, 6) is 1.39. The third-order valence-corrected chi connectivity index (χ3v) is 7.51. The van der Waals surface area contributed by atoms with Crippen LogP contribution < -0.4 is 9.47 Å². The normalized spacial score (nSPS) is 11.5. The summed E-state index contributed by atoms with van der Waals surface area (Å²) < 4.78 is 38.5. The molecular weight excluding hydrogens is 432 g/mol. The number of aryl methyl sites for hydroxylation is 2. The molecule has 1 aromatic heterocycles. The Morgan fingerprint density at radius 2 is 1.81 bits per heavy atom. The van der Waals surface area contributed by atoms with Crippen molar-refractivity contribution in [1.29, 1.82) is 0 Å². The Balaban J connectivity index is 1.70. The topological polar surface area (TPSA) is 68.7 Å². The maximum atomic E-state index is 13.1. The number of sulfonamides is 1. The Hall–Kier alpha value is -2.68. The average molecular weight is 459 g/mol. The van der Waals surface area contributed by atoms with Crippen molar-refractivity contribution in [2.45, 2.75) is 31.9 Å². The van der Waals surface area contributed by atoms with Gasteiger partial charge in [-0.15, -0.1) is 17.9 Å². The minimum absolute atomic E-state index is 0.153. The summed E-state index contributed by atoms with van der Waals surface area (Å²) >= 11 is 1.45. The van der Waals surface area contributed by atoms with Crippen molar-refractivity contribution in [1.82, 2.24) is 9.29 Å². The van der Waals surface area contributed by atoms with Crippen molar-refractivity contribution in [3.8, 4) is 11.5 Å². The van der Waals surface area contributed by atoms with Gasteiger partial charge >= 0.3 is 0 Å². The molecule has 0 bridgehead atoms. The molecule has 0 saturated carbocycles. The average Bonchev–Trinajstić information content (AvgIpc) is 3.22. The highest BCUT2D eigenvalue weighted by molar-refractivity contribution is 7.89. The number of nitrogens with zero attached hydrogens (tertiary/aromatic N) is 2. The van der Waals surface area contributed by atoms with Gasteiger partial charge in [0.1, 0.15) is 23.1 Å². The summed E-state index contributed by atoms with van der Waals surface area (Å²) in [5, 5.41) is 2.65. The second-order valence-electron chi connectivity index (χ2n) is 7.03. The molecule has 8 heteroatoms. The van der Waals surface area contributed by atoms with Crippen molar-refractivity contribution < 1.29 is 17.9 Å². The van der Waals surface area contributed by atoms with Crippen molar-refractivity contribution in [2.24, 2.45) is 0 Å². The highest BCUT2D eigenvalue weighted by atomic mass is 32.2. The van der Waals surface area contributed by atoms with E-state index in [0.717, 1.165) is 10.8 Å². The first-order valence-electron chi connectivity index (χ1n) is 9.72. The Morgan fingerprint density at radius 3 is 2.45 bits per heavy atom. The van der Waals surface area contributed by atoms with Crippen LogP contribution in [0, 0.1) is 13.8 Å². The zero-order valence-corrected chi connectivity index (χ0v) is 19.5. The molecule has 2 aromatic carbocycles. The first-order valence-corrected chi connectivity index (χ1v) is 12.0.